The third kappa shape index (κ3) is 4.88. The Labute approximate surface area is 171 Å². The molecule has 0 saturated heterocycles. The minimum absolute atomic E-state index is 0.252. The van der Waals surface area contributed by atoms with E-state index in [1.54, 1.807) is 18.3 Å². The van der Waals surface area contributed by atoms with Gasteiger partial charge < -0.3 is 14.5 Å². The van der Waals surface area contributed by atoms with E-state index in [4.69, 9.17) is 9.15 Å². The number of furan rings is 1. The lowest BCUT2D eigenvalue weighted by Crippen LogP contribution is -2.22. The second kappa shape index (κ2) is 8.99. The Balaban J connectivity index is 1.60. The van der Waals surface area contributed by atoms with Crippen LogP contribution in [0.1, 0.15) is 65.4 Å². The van der Waals surface area contributed by atoms with Gasteiger partial charge in [-0.3, -0.25) is 9.48 Å². The maximum absolute atomic E-state index is 12.4. The van der Waals surface area contributed by atoms with Crippen LogP contribution < -0.4 is 10.1 Å². The first-order chi connectivity index (χ1) is 13.9. The van der Waals surface area contributed by atoms with Crippen molar-refractivity contribution in [2.75, 3.05) is 0 Å². The summed E-state index contributed by atoms with van der Waals surface area (Å²) in [6, 6.07) is 9.67. The van der Waals surface area contributed by atoms with Gasteiger partial charge in [-0.15, -0.1) is 0 Å². The molecule has 2 heterocycles. The number of benzene rings is 1. The minimum Gasteiger partial charge on any atom is -0.485 e. The monoisotopic (exact) mass is 395 g/mol. The summed E-state index contributed by atoms with van der Waals surface area (Å²) in [7, 11) is 0. The summed E-state index contributed by atoms with van der Waals surface area (Å²) in [6.07, 6.45) is 1.79. The molecule has 0 aliphatic heterocycles. The predicted molar refractivity (Wildman–Crippen MR) is 112 cm³/mol. The lowest BCUT2D eigenvalue weighted by molar-refractivity contribution is 0.0919. The van der Waals surface area contributed by atoms with Crippen LogP contribution in [0.15, 0.2) is 40.9 Å². The van der Waals surface area contributed by atoms with Gasteiger partial charge in [-0.05, 0) is 56.0 Å². The fraction of sp³-hybridized carbons (Fsp3) is 0.391. The number of rotatable bonds is 8. The molecule has 1 aromatic carbocycles. The molecule has 3 aromatic rings. The number of nitrogens with one attached hydrogen (secondary N) is 1. The molecule has 0 aliphatic rings. The summed E-state index contributed by atoms with van der Waals surface area (Å²) in [5.41, 5.74) is 4.35. The Hall–Kier alpha value is -3.02. The number of aromatic nitrogens is 2. The molecule has 0 unspecified atom stereocenters. The molecule has 0 aliphatic carbocycles. The lowest BCUT2D eigenvalue weighted by Gasteiger charge is -2.14. The van der Waals surface area contributed by atoms with Crippen molar-refractivity contribution in [2.24, 2.45) is 0 Å². The first kappa shape index (κ1) is 20.7. The van der Waals surface area contributed by atoms with E-state index < -0.39 is 0 Å². The number of carbonyl (C=O) groups excluding carboxylic acids is 1. The van der Waals surface area contributed by atoms with E-state index in [1.807, 2.05) is 31.5 Å². The number of carbonyl (C=O) groups is 1. The summed E-state index contributed by atoms with van der Waals surface area (Å²) >= 11 is 0. The minimum atomic E-state index is -0.252. The van der Waals surface area contributed by atoms with Crippen LogP contribution in [0.3, 0.4) is 0 Å². The average Bonchev–Trinajstić information content (AvgIpc) is 3.31. The largest absolute Gasteiger partial charge is 0.485 e. The molecule has 154 valence electrons. The Morgan fingerprint density at radius 3 is 2.72 bits per heavy atom. The summed E-state index contributed by atoms with van der Waals surface area (Å²) in [5, 5.41) is 7.18. The molecule has 3 rings (SSSR count). The van der Waals surface area contributed by atoms with Crippen molar-refractivity contribution in [1.29, 1.82) is 0 Å². The summed E-state index contributed by atoms with van der Waals surface area (Å²) < 4.78 is 13.6. The number of ether oxygens (including phenoxy) is 1. The first-order valence-electron chi connectivity index (χ1n) is 10.0. The third-order valence-electron chi connectivity index (χ3n) is 4.99. The highest BCUT2D eigenvalue weighted by atomic mass is 16.5. The van der Waals surface area contributed by atoms with Crippen molar-refractivity contribution in [3.05, 3.63) is 70.4 Å². The Bertz CT molecular complexity index is 985. The number of hydrogen-bond acceptors (Lipinski definition) is 4. The Morgan fingerprint density at radius 1 is 1.24 bits per heavy atom. The van der Waals surface area contributed by atoms with E-state index >= 15 is 0 Å². The van der Waals surface area contributed by atoms with E-state index in [2.05, 4.69) is 36.4 Å². The molecule has 0 bridgehead atoms. The topological polar surface area (TPSA) is 69.3 Å². The molecule has 0 fully saturated rings. The quantitative estimate of drug-likeness (QED) is 0.598. The molecule has 1 N–H and O–H groups in total. The molecule has 29 heavy (non-hydrogen) atoms. The highest BCUT2D eigenvalue weighted by Gasteiger charge is 2.14. The van der Waals surface area contributed by atoms with Gasteiger partial charge in [-0.25, -0.2) is 0 Å². The third-order valence-corrected chi connectivity index (χ3v) is 4.99. The second-order valence-corrected chi connectivity index (χ2v) is 7.50. The Kier molecular flexibility index (Phi) is 6.42. The molecule has 1 amide bonds. The zero-order valence-electron chi connectivity index (χ0n) is 17.8. The van der Waals surface area contributed by atoms with Crippen molar-refractivity contribution in [3.8, 4) is 5.75 Å². The standard InChI is InChI=1S/C23H29N3O3/c1-6-26-17(5)18(13-25-26)12-24-23(27)21-10-8-19(29-21)14-28-22-11-16(4)7-9-20(22)15(2)3/h7-11,13,15H,6,12,14H2,1-5H3,(H,24,27). The second-order valence-electron chi connectivity index (χ2n) is 7.50. The van der Waals surface area contributed by atoms with Gasteiger partial charge >= 0.3 is 0 Å². The van der Waals surface area contributed by atoms with Crippen molar-refractivity contribution in [3.63, 3.8) is 0 Å². The van der Waals surface area contributed by atoms with E-state index in [-0.39, 0.29) is 18.3 Å². The van der Waals surface area contributed by atoms with Gasteiger partial charge in [0.2, 0.25) is 0 Å². The molecular formula is C23H29N3O3. The lowest BCUT2D eigenvalue weighted by atomic mass is 10.0. The van der Waals surface area contributed by atoms with Gasteiger partial charge in [0.15, 0.2) is 5.76 Å². The van der Waals surface area contributed by atoms with Crippen LogP contribution in [-0.2, 0) is 19.7 Å². The molecule has 6 nitrogen and oxygen atoms in total. The number of aryl methyl sites for hydroxylation is 2. The molecule has 2 aromatic heterocycles. The molecule has 0 spiro atoms. The van der Waals surface area contributed by atoms with Crippen molar-refractivity contribution in [1.82, 2.24) is 15.1 Å². The normalized spacial score (nSPS) is 11.1. The van der Waals surface area contributed by atoms with Crippen LogP contribution in [0.25, 0.3) is 0 Å². The van der Waals surface area contributed by atoms with Crippen LogP contribution >= 0.6 is 0 Å². The van der Waals surface area contributed by atoms with Gasteiger partial charge in [-0.1, -0.05) is 26.0 Å². The van der Waals surface area contributed by atoms with E-state index in [1.165, 1.54) is 0 Å². The summed E-state index contributed by atoms with van der Waals surface area (Å²) in [6.45, 7) is 11.8. The first-order valence-corrected chi connectivity index (χ1v) is 10.0. The Morgan fingerprint density at radius 2 is 2.03 bits per heavy atom. The highest BCUT2D eigenvalue weighted by molar-refractivity contribution is 5.91. The predicted octanol–water partition coefficient (Wildman–Crippen LogP) is 4.75. The number of amides is 1. The van der Waals surface area contributed by atoms with Crippen LogP contribution in [-0.4, -0.2) is 15.7 Å². The molecule has 0 radical (unpaired) electrons. The average molecular weight is 396 g/mol. The summed E-state index contributed by atoms with van der Waals surface area (Å²) in [4.78, 5) is 12.4. The van der Waals surface area contributed by atoms with Gasteiger partial charge in [0.1, 0.15) is 18.1 Å². The van der Waals surface area contributed by atoms with E-state index in [9.17, 15) is 4.79 Å². The van der Waals surface area contributed by atoms with E-state index in [0.717, 1.165) is 34.7 Å². The zero-order valence-corrected chi connectivity index (χ0v) is 17.8. The number of hydrogen-bond donors (Lipinski definition) is 1. The van der Waals surface area contributed by atoms with Gasteiger partial charge in [0.05, 0.1) is 6.20 Å². The van der Waals surface area contributed by atoms with Gasteiger partial charge in [0.25, 0.3) is 5.91 Å². The maximum atomic E-state index is 12.4. The maximum Gasteiger partial charge on any atom is 0.287 e. The fourth-order valence-electron chi connectivity index (χ4n) is 3.21. The molecule has 0 atom stereocenters. The van der Waals surface area contributed by atoms with Crippen LogP contribution in [0.2, 0.25) is 0 Å². The van der Waals surface area contributed by atoms with E-state index in [0.29, 0.717) is 18.2 Å². The van der Waals surface area contributed by atoms with Crippen LogP contribution in [0.4, 0.5) is 0 Å². The molecule has 0 saturated carbocycles. The van der Waals surface area contributed by atoms with Crippen molar-refractivity contribution >= 4 is 5.91 Å². The van der Waals surface area contributed by atoms with Crippen LogP contribution in [0, 0.1) is 13.8 Å². The fourth-order valence-corrected chi connectivity index (χ4v) is 3.21. The van der Waals surface area contributed by atoms with Crippen molar-refractivity contribution < 1.29 is 13.9 Å². The van der Waals surface area contributed by atoms with Crippen LogP contribution in [0.5, 0.6) is 5.75 Å². The van der Waals surface area contributed by atoms with Gasteiger partial charge in [-0.2, -0.15) is 5.10 Å². The molecule has 6 heteroatoms. The molecular weight excluding hydrogens is 366 g/mol. The highest BCUT2D eigenvalue weighted by Crippen LogP contribution is 2.28. The zero-order chi connectivity index (χ0) is 21.0. The van der Waals surface area contributed by atoms with Crippen molar-refractivity contribution in [2.45, 2.75) is 60.2 Å². The van der Waals surface area contributed by atoms with Gasteiger partial charge in [0, 0.05) is 24.3 Å². The smallest absolute Gasteiger partial charge is 0.287 e. The number of nitrogens with zero attached hydrogens (tertiary/aromatic N) is 2. The summed E-state index contributed by atoms with van der Waals surface area (Å²) in [5.74, 6) is 1.85. The SMILES string of the molecule is CCn1ncc(CNC(=O)c2ccc(COc3cc(C)ccc3C(C)C)o2)c1C.